The maximum atomic E-state index is 11.1. The number of nitrogens with one attached hydrogen (secondary N) is 1. The standard InChI is InChI=1S/C8H13NO2.ClH/c1-2-11-8(10)7-5-3-4-6-9-7;/h4,6-7,9H,2-3,5H2,1H3;1H. The molecular weight excluding hydrogens is 178 g/mol. The van der Waals surface area contributed by atoms with E-state index in [2.05, 4.69) is 5.32 Å². The minimum Gasteiger partial charge on any atom is -0.464 e. The molecule has 3 nitrogen and oxygen atoms in total. The summed E-state index contributed by atoms with van der Waals surface area (Å²) in [6, 6.07) is -0.125. The van der Waals surface area contributed by atoms with Crippen molar-refractivity contribution in [2.45, 2.75) is 25.8 Å². The highest BCUT2D eigenvalue weighted by molar-refractivity contribution is 5.85. The zero-order valence-electron chi connectivity index (χ0n) is 7.08. The molecule has 0 aromatic rings. The first-order valence-electron chi connectivity index (χ1n) is 3.92. The van der Waals surface area contributed by atoms with Crippen LogP contribution in [0.25, 0.3) is 0 Å². The second-order valence-corrected chi connectivity index (χ2v) is 2.45. The molecule has 0 fully saturated rings. The maximum absolute atomic E-state index is 11.1. The fourth-order valence-corrected chi connectivity index (χ4v) is 1.04. The van der Waals surface area contributed by atoms with Crippen LogP contribution in [0, 0.1) is 0 Å². The van der Waals surface area contributed by atoms with Gasteiger partial charge in [-0.15, -0.1) is 12.4 Å². The molecule has 70 valence electrons. The van der Waals surface area contributed by atoms with Crippen molar-refractivity contribution in [2.75, 3.05) is 6.61 Å². The van der Waals surface area contributed by atoms with Crippen LogP contribution in [0.1, 0.15) is 19.8 Å². The fraction of sp³-hybridized carbons (Fsp3) is 0.625. The van der Waals surface area contributed by atoms with Crippen molar-refractivity contribution in [1.82, 2.24) is 5.32 Å². The second-order valence-electron chi connectivity index (χ2n) is 2.45. The SMILES string of the molecule is CCOC(=O)C1CCC=CN1.Cl. The zero-order chi connectivity index (χ0) is 8.10. The molecule has 0 spiro atoms. The minimum absolute atomic E-state index is 0. The predicted molar refractivity (Wildman–Crippen MR) is 49.2 cm³/mol. The summed E-state index contributed by atoms with van der Waals surface area (Å²) in [7, 11) is 0. The van der Waals surface area contributed by atoms with Crippen LogP contribution < -0.4 is 5.32 Å². The third-order valence-corrected chi connectivity index (χ3v) is 1.61. The first-order chi connectivity index (χ1) is 5.34. The van der Waals surface area contributed by atoms with Gasteiger partial charge in [-0.25, -0.2) is 4.79 Å². The first kappa shape index (κ1) is 11.3. The summed E-state index contributed by atoms with van der Waals surface area (Å²) in [6.45, 7) is 2.28. The molecule has 12 heavy (non-hydrogen) atoms. The van der Waals surface area contributed by atoms with Gasteiger partial charge in [0.05, 0.1) is 6.61 Å². The number of rotatable bonds is 2. The predicted octanol–water partition coefficient (Wildman–Crippen LogP) is 1.24. The summed E-state index contributed by atoms with van der Waals surface area (Å²) in [5.74, 6) is -0.142. The van der Waals surface area contributed by atoms with Gasteiger partial charge in [-0.3, -0.25) is 0 Å². The summed E-state index contributed by atoms with van der Waals surface area (Å²) in [5.41, 5.74) is 0. The summed E-state index contributed by atoms with van der Waals surface area (Å²) in [5, 5.41) is 2.95. The average Bonchev–Trinajstić information content (AvgIpc) is 2.07. The molecule has 1 atom stereocenters. The molecule has 1 rings (SSSR count). The van der Waals surface area contributed by atoms with Gasteiger partial charge in [-0.05, 0) is 26.0 Å². The van der Waals surface area contributed by atoms with Crippen molar-refractivity contribution in [3.8, 4) is 0 Å². The molecule has 0 radical (unpaired) electrons. The van der Waals surface area contributed by atoms with Gasteiger partial charge in [0.1, 0.15) is 6.04 Å². The molecule has 0 saturated carbocycles. The smallest absolute Gasteiger partial charge is 0.328 e. The van der Waals surface area contributed by atoms with Gasteiger partial charge < -0.3 is 10.1 Å². The molecule has 0 aromatic carbocycles. The van der Waals surface area contributed by atoms with Crippen LogP contribution in [0.2, 0.25) is 0 Å². The molecular formula is C8H14ClNO2. The number of hydrogen-bond donors (Lipinski definition) is 1. The highest BCUT2D eigenvalue weighted by Crippen LogP contribution is 2.05. The molecule has 0 aliphatic carbocycles. The van der Waals surface area contributed by atoms with E-state index in [1.54, 1.807) is 0 Å². The largest absolute Gasteiger partial charge is 0.464 e. The first-order valence-corrected chi connectivity index (χ1v) is 3.92. The maximum Gasteiger partial charge on any atom is 0.328 e. The number of ether oxygens (including phenoxy) is 1. The Bertz CT molecular complexity index is 170. The van der Waals surface area contributed by atoms with Gasteiger partial charge in [-0.1, -0.05) is 6.08 Å². The van der Waals surface area contributed by atoms with Gasteiger partial charge in [-0.2, -0.15) is 0 Å². The van der Waals surface area contributed by atoms with Crippen LogP contribution in [0.15, 0.2) is 12.3 Å². The van der Waals surface area contributed by atoms with Gasteiger partial charge in [0, 0.05) is 0 Å². The molecule has 1 aliphatic heterocycles. The average molecular weight is 192 g/mol. The molecule has 4 heteroatoms. The van der Waals surface area contributed by atoms with Crippen molar-refractivity contribution in [3.63, 3.8) is 0 Å². The Kier molecular flexibility index (Phi) is 5.54. The highest BCUT2D eigenvalue weighted by Gasteiger charge is 2.18. The Balaban J connectivity index is 0.00000121. The fourth-order valence-electron chi connectivity index (χ4n) is 1.04. The van der Waals surface area contributed by atoms with E-state index in [1.165, 1.54) is 0 Å². The van der Waals surface area contributed by atoms with Crippen molar-refractivity contribution >= 4 is 18.4 Å². The Morgan fingerprint density at radius 1 is 1.75 bits per heavy atom. The van der Waals surface area contributed by atoms with Crippen molar-refractivity contribution in [2.24, 2.45) is 0 Å². The third-order valence-electron chi connectivity index (χ3n) is 1.61. The summed E-state index contributed by atoms with van der Waals surface area (Å²) in [4.78, 5) is 11.1. The molecule has 0 bridgehead atoms. The second kappa shape index (κ2) is 5.89. The van der Waals surface area contributed by atoms with Gasteiger partial charge in [0.2, 0.25) is 0 Å². The van der Waals surface area contributed by atoms with Crippen LogP contribution in [0.5, 0.6) is 0 Å². The topological polar surface area (TPSA) is 38.3 Å². The number of carbonyl (C=O) groups excluding carboxylic acids is 1. The highest BCUT2D eigenvalue weighted by atomic mass is 35.5. The monoisotopic (exact) mass is 191 g/mol. The van der Waals surface area contributed by atoms with Crippen LogP contribution in [0.3, 0.4) is 0 Å². The molecule has 1 N–H and O–H groups in total. The number of esters is 1. The van der Waals surface area contributed by atoms with Crippen LogP contribution in [-0.2, 0) is 9.53 Å². The Hall–Kier alpha value is -0.700. The van der Waals surface area contributed by atoms with Crippen LogP contribution in [-0.4, -0.2) is 18.6 Å². The van der Waals surface area contributed by atoms with Gasteiger partial charge in [0.15, 0.2) is 0 Å². The normalized spacial score (nSPS) is 20.6. The molecule has 1 heterocycles. The van der Waals surface area contributed by atoms with E-state index >= 15 is 0 Å². The third kappa shape index (κ3) is 3.13. The number of carbonyl (C=O) groups is 1. The Morgan fingerprint density at radius 3 is 3.00 bits per heavy atom. The van der Waals surface area contributed by atoms with Gasteiger partial charge in [0.25, 0.3) is 0 Å². The van der Waals surface area contributed by atoms with E-state index < -0.39 is 0 Å². The van der Waals surface area contributed by atoms with E-state index in [0.717, 1.165) is 12.8 Å². The van der Waals surface area contributed by atoms with Crippen molar-refractivity contribution in [1.29, 1.82) is 0 Å². The molecule has 0 saturated heterocycles. The lowest BCUT2D eigenvalue weighted by Crippen LogP contribution is -2.36. The number of hydrogen-bond acceptors (Lipinski definition) is 3. The van der Waals surface area contributed by atoms with Crippen molar-refractivity contribution < 1.29 is 9.53 Å². The zero-order valence-corrected chi connectivity index (χ0v) is 7.89. The van der Waals surface area contributed by atoms with E-state index in [0.29, 0.717) is 6.61 Å². The van der Waals surface area contributed by atoms with E-state index in [1.807, 2.05) is 19.2 Å². The van der Waals surface area contributed by atoms with Crippen LogP contribution in [0.4, 0.5) is 0 Å². The molecule has 0 aromatic heterocycles. The molecule has 1 aliphatic rings. The Morgan fingerprint density at radius 2 is 2.50 bits per heavy atom. The van der Waals surface area contributed by atoms with E-state index in [-0.39, 0.29) is 24.4 Å². The minimum atomic E-state index is -0.142. The quantitative estimate of drug-likeness (QED) is 0.668. The molecule has 0 amide bonds. The summed E-state index contributed by atoms with van der Waals surface area (Å²) in [6.07, 6.45) is 5.62. The van der Waals surface area contributed by atoms with Crippen molar-refractivity contribution in [3.05, 3.63) is 12.3 Å². The van der Waals surface area contributed by atoms with E-state index in [9.17, 15) is 4.79 Å². The van der Waals surface area contributed by atoms with Gasteiger partial charge >= 0.3 is 5.97 Å². The lowest BCUT2D eigenvalue weighted by atomic mass is 10.1. The lowest BCUT2D eigenvalue weighted by Gasteiger charge is -2.17. The molecule has 1 unspecified atom stereocenters. The number of halogens is 1. The Labute approximate surface area is 78.6 Å². The summed E-state index contributed by atoms with van der Waals surface area (Å²) >= 11 is 0. The van der Waals surface area contributed by atoms with E-state index in [4.69, 9.17) is 4.74 Å². The number of allylic oxidation sites excluding steroid dienone is 1. The lowest BCUT2D eigenvalue weighted by molar-refractivity contribution is -0.145. The van der Waals surface area contributed by atoms with Crippen LogP contribution >= 0.6 is 12.4 Å². The summed E-state index contributed by atoms with van der Waals surface area (Å²) < 4.78 is 4.85.